The molecule has 0 saturated heterocycles. The molecule has 3 rings (SSSR count). The number of aromatic amines is 1. The van der Waals surface area contributed by atoms with Gasteiger partial charge in [-0.25, -0.2) is 0 Å². The molecule has 1 unspecified atom stereocenters. The molecule has 0 saturated carbocycles. The summed E-state index contributed by atoms with van der Waals surface area (Å²) in [6.45, 7) is 1.99. The fraction of sp³-hybridized carbons (Fsp3) is 0.211. The van der Waals surface area contributed by atoms with E-state index in [-0.39, 0.29) is 11.8 Å². The van der Waals surface area contributed by atoms with Crippen LogP contribution in [0, 0.1) is 6.92 Å². The number of rotatable bonds is 4. The Morgan fingerprint density at radius 2 is 1.96 bits per heavy atom. The summed E-state index contributed by atoms with van der Waals surface area (Å²) >= 11 is 6.14. The average molecular weight is 327 g/mol. The zero-order chi connectivity index (χ0) is 16.6. The number of hydrogen-bond donors (Lipinski definition) is 1. The fourth-order valence-corrected chi connectivity index (χ4v) is 3.12. The van der Waals surface area contributed by atoms with Crippen molar-refractivity contribution < 1.29 is 4.79 Å². The third-order valence-electron chi connectivity index (χ3n) is 4.04. The minimum Gasteiger partial charge on any atom is -0.361 e. The van der Waals surface area contributed by atoms with Gasteiger partial charge in [-0.2, -0.15) is 0 Å². The second-order valence-electron chi connectivity index (χ2n) is 6.03. The lowest BCUT2D eigenvalue weighted by molar-refractivity contribution is 0.0876. The second-order valence-corrected chi connectivity index (χ2v) is 6.47. The number of fused-ring (bicyclic) bond motifs is 1. The smallest absolute Gasteiger partial charge is 0.184 e. The summed E-state index contributed by atoms with van der Waals surface area (Å²) in [6.07, 6.45) is 1.90. The Morgan fingerprint density at radius 3 is 2.65 bits per heavy atom. The molecule has 23 heavy (non-hydrogen) atoms. The molecule has 0 aliphatic carbocycles. The van der Waals surface area contributed by atoms with Gasteiger partial charge in [0.05, 0.1) is 0 Å². The number of aryl methyl sites for hydroxylation is 1. The van der Waals surface area contributed by atoms with Crippen LogP contribution in [0.15, 0.2) is 48.7 Å². The van der Waals surface area contributed by atoms with E-state index in [0.29, 0.717) is 5.02 Å². The van der Waals surface area contributed by atoms with E-state index in [4.69, 9.17) is 11.6 Å². The number of H-pyrrole nitrogens is 1. The third-order valence-corrected chi connectivity index (χ3v) is 4.27. The van der Waals surface area contributed by atoms with Gasteiger partial charge in [0.25, 0.3) is 0 Å². The molecule has 0 fully saturated rings. The normalized spacial score (nSPS) is 12.7. The standard InChI is InChI=1S/C19H19ClN2O/c1-12-5-4-6-13(9-12)19(23)18(22(2)3)16-11-21-17-8-7-14(20)10-15(16)17/h4-11,18,21H,1-3H3. The van der Waals surface area contributed by atoms with Gasteiger partial charge >= 0.3 is 0 Å². The Balaban J connectivity index is 2.11. The fourth-order valence-electron chi connectivity index (χ4n) is 2.95. The Morgan fingerprint density at radius 1 is 1.17 bits per heavy atom. The predicted molar refractivity (Wildman–Crippen MR) is 95.2 cm³/mol. The number of benzene rings is 2. The molecule has 1 N–H and O–H groups in total. The number of Topliss-reactive ketones (excluding diaryl/α,β-unsaturated/α-hetero) is 1. The number of ketones is 1. The molecular formula is C19H19ClN2O. The van der Waals surface area contributed by atoms with E-state index >= 15 is 0 Å². The van der Waals surface area contributed by atoms with Gasteiger partial charge in [0.2, 0.25) is 0 Å². The highest BCUT2D eigenvalue weighted by molar-refractivity contribution is 6.31. The lowest BCUT2D eigenvalue weighted by atomic mass is 9.95. The molecule has 1 heterocycles. The number of aromatic nitrogens is 1. The molecule has 0 aliphatic heterocycles. The van der Waals surface area contributed by atoms with Crippen LogP contribution in [0.5, 0.6) is 0 Å². The molecule has 0 amide bonds. The molecule has 2 aromatic carbocycles. The summed E-state index contributed by atoms with van der Waals surface area (Å²) in [6, 6.07) is 13.0. The van der Waals surface area contributed by atoms with Crippen LogP contribution in [0.3, 0.4) is 0 Å². The highest BCUT2D eigenvalue weighted by Gasteiger charge is 2.26. The topological polar surface area (TPSA) is 36.1 Å². The minimum atomic E-state index is -0.357. The van der Waals surface area contributed by atoms with E-state index in [1.807, 2.05) is 74.6 Å². The Bertz CT molecular complexity index is 867. The van der Waals surface area contributed by atoms with Crippen molar-refractivity contribution in [1.82, 2.24) is 9.88 Å². The number of carbonyl (C=O) groups excluding carboxylic acids is 1. The minimum absolute atomic E-state index is 0.0829. The average Bonchev–Trinajstić information content (AvgIpc) is 2.90. The molecule has 0 aliphatic rings. The predicted octanol–water partition coefficient (Wildman–Crippen LogP) is 4.62. The summed E-state index contributed by atoms with van der Waals surface area (Å²) in [5.41, 5.74) is 3.72. The third kappa shape index (κ3) is 3.03. The van der Waals surface area contributed by atoms with E-state index in [1.54, 1.807) is 0 Å². The van der Waals surface area contributed by atoms with Crippen molar-refractivity contribution >= 4 is 28.3 Å². The maximum atomic E-state index is 13.1. The first-order valence-electron chi connectivity index (χ1n) is 7.51. The zero-order valence-corrected chi connectivity index (χ0v) is 14.2. The summed E-state index contributed by atoms with van der Waals surface area (Å²) in [4.78, 5) is 18.2. The summed E-state index contributed by atoms with van der Waals surface area (Å²) in [7, 11) is 3.84. The van der Waals surface area contributed by atoms with Crippen LogP contribution in [-0.4, -0.2) is 29.8 Å². The van der Waals surface area contributed by atoms with Crippen LogP contribution in [0.1, 0.15) is 27.5 Å². The van der Waals surface area contributed by atoms with Crippen molar-refractivity contribution in [3.05, 3.63) is 70.4 Å². The highest BCUT2D eigenvalue weighted by Crippen LogP contribution is 2.31. The number of nitrogens with one attached hydrogen (secondary N) is 1. The quantitative estimate of drug-likeness (QED) is 0.710. The van der Waals surface area contributed by atoms with Gasteiger partial charge in [0.1, 0.15) is 6.04 Å². The van der Waals surface area contributed by atoms with Gasteiger partial charge in [-0.05, 0) is 45.3 Å². The summed E-state index contributed by atoms with van der Waals surface area (Å²) in [5, 5.41) is 1.65. The molecule has 1 aromatic heterocycles. The van der Waals surface area contributed by atoms with E-state index < -0.39 is 0 Å². The SMILES string of the molecule is Cc1cccc(C(=O)C(c2c[nH]c3ccc(Cl)cc23)N(C)C)c1. The van der Waals surface area contributed by atoms with Crippen LogP contribution < -0.4 is 0 Å². The number of halogens is 1. The van der Waals surface area contributed by atoms with Gasteiger partial charge in [-0.3, -0.25) is 9.69 Å². The number of likely N-dealkylation sites (N-methyl/N-ethyl adjacent to an activating group) is 1. The van der Waals surface area contributed by atoms with Crippen molar-refractivity contribution in [3.8, 4) is 0 Å². The highest BCUT2D eigenvalue weighted by atomic mass is 35.5. The van der Waals surface area contributed by atoms with Crippen molar-refractivity contribution in [1.29, 1.82) is 0 Å². The Hall–Kier alpha value is -2.10. The maximum Gasteiger partial charge on any atom is 0.184 e. The molecule has 0 bridgehead atoms. The first-order valence-corrected chi connectivity index (χ1v) is 7.89. The number of hydrogen-bond acceptors (Lipinski definition) is 2. The van der Waals surface area contributed by atoms with Gasteiger partial charge in [0.15, 0.2) is 5.78 Å². The molecule has 3 nitrogen and oxygen atoms in total. The lowest BCUT2D eigenvalue weighted by Gasteiger charge is -2.23. The van der Waals surface area contributed by atoms with Crippen molar-refractivity contribution in [2.45, 2.75) is 13.0 Å². The van der Waals surface area contributed by atoms with E-state index in [0.717, 1.165) is 27.6 Å². The molecule has 0 radical (unpaired) electrons. The van der Waals surface area contributed by atoms with Crippen LogP contribution in [-0.2, 0) is 0 Å². The van der Waals surface area contributed by atoms with Crippen molar-refractivity contribution in [2.75, 3.05) is 14.1 Å². The molecule has 1 atom stereocenters. The maximum absolute atomic E-state index is 13.1. The summed E-state index contributed by atoms with van der Waals surface area (Å²) in [5.74, 6) is 0.0829. The van der Waals surface area contributed by atoms with Gasteiger partial charge in [0, 0.05) is 33.2 Å². The first-order chi connectivity index (χ1) is 11.0. The van der Waals surface area contributed by atoms with E-state index in [2.05, 4.69) is 4.98 Å². The van der Waals surface area contributed by atoms with Crippen LogP contribution in [0.25, 0.3) is 10.9 Å². The Kier molecular flexibility index (Phi) is 4.24. The van der Waals surface area contributed by atoms with Gasteiger partial charge in [-0.15, -0.1) is 0 Å². The molecule has 3 aromatic rings. The summed E-state index contributed by atoms with van der Waals surface area (Å²) < 4.78 is 0. The van der Waals surface area contributed by atoms with E-state index in [9.17, 15) is 4.79 Å². The van der Waals surface area contributed by atoms with Crippen LogP contribution >= 0.6 is 11.6 Å². The van der Waals surface area contributed by atoms with Gasteiger partial charge in [-0.1, -0.05) is 35.4 Å². The molecule has 118 valence electrons. The monoisotopic (exact) mass is 326 g/mol. The number of nitrogens with zero attached hydrogens (tertiary/aromatic N) is 1. The zero-order valence-electron chi connectivity index (χ0n) is 13.4. The first kappa shape index (κ1) is 15.8. The molecular weight excluding hydrogens is 308 g/mol. The number of carbonyl (C=O) groups is 1. The lowest BCUT2D eigenvalue weighted by Crippen LogP contribution is -2.27. The molecule has 0 spiro atoms. The second kappa shape index (κ2) is 6.19. The largest absolute Gasteiger partial charge is 0.361 e. The molecule has 4 heteroatoms. The van der Waals surface area contributed by atoms with Gasteiger partial charge < -0.3 is 4.98 Å². The van der Waals surface area contributed by atoms with Crippen LogP contribution in [0.4, 0.5) is 0 Å². The van der Waals surface area contributed by atoms with Crippen LogP contribution in [0.2, 0.25) is 5.02 Å². The Labute approximate surface area is 140 Å². The van der Waals surface area contributed by atoms with Crippen molar-refractivity contribution in [3.63, 3.8) is 0 Å². The van der Waals surface area contributed by atoms with E-state index in [1.165, 1.54) is 0 Å². The van der Waals surface area contributed by atoms with Crippen molar-refractivity contribution in [2.24, 2.45) is 0 Å².